The lowest BCUT2D eigenvalue weighted by Crippen LogP contribution is -2.38. The van der Waals surface area contributed by atoms with Crippen LogP contribution in [0.25, 0.3) is 11.0 Å². The third kappa shape index (κ3) is 3.33. The van der Waals surface area contributed by atoms with Crippen molar-refractivity contribution >= 4 is 23.0 Å². The fraction of sp³-hybridized carbons (Fsp3) is 0.263. The van der Waals surface area contributed by atoms with E-state index in [4.69, 9.17) is 4.74 Å². The molecule has 0 radical (unpaired) electrons. The summed E-state index contributed by atoms with van der Waals surface area (Å²) in [6, 6.07) is 11.3. The van der Waals surface area contributed by atoms with Crippen molar-refractivity contribution in [2.45, 2.75) is 19.7 Å². The number of fused-ring (bicyclic) bond motifs is 3. The maximum atomic E-state index is 12.4. The fourth-order valence-corrected chi connectivity index (χ4v) is 3.14. The predicted molar refractivity (Wildman–Crippen MR) is 98.0 cm³/mol. The maximum absolute atomic E-state index is 12.4. The molecule has 1 N–H and O–H groups in total. The van der Waals surface area contributed by atoms with Gasteiger partial charge >= 0.3 is 6.09 Å². The van der Waals surface area contributed by atoms with Crippen molar-refractivity contribution in [3.05, 3.63) is 59.7 Å². The quantitative estimate of drug-likeness (QED) is 0.766. The fourth-order valence-electron chi connectivity index (χ4n) is 3.14. The van der Waals surface area contributed by atoms with Gasteiger partial charge in [-0.1, -0.05) is 30.3 Å². The van der Waals surface area contributed by atoms with E-state index in [0.29, 0.717) is 30.8 Å². The van der Waals surface area contributed by atoms with Gasteiger partial charge in [0.25, 0.3) is 5.91 Å². The number of carbonyl (C=O) groups excluding carboxylic acids is 2. The normalized spacial score (nSPS) is 13.3. The Morgan fingerprint density at radius 2 is 2.04 bits per heavy atom. The summed E-state index contributed by atoms with van der Waals surface area (Å²) >= 11 is 0. The van der Waals surface area contributed by atoms with Gasteiger partial charge in [-0.2, -0.15) is 0 Å². The van der Waals surface area contributed by atoms with Crippen molar-refractivity contribution < 1.29 is 14.3 Å². The zero-order chi connectivity index (χ0) is 18.8. The van der Waals surface area contributed by atoms with Gasteiger partial charge in [0.2, 0.25) is 0 Å². The number of benzene rings is 1. The van der Waals surface area contributed by atoms with E-state index in [2.05, 4.69) is 15.3 Å². The molecule has 0 bridgehead atoms. The van der Waals surface area contributed by atoms with Crippen LogP contribution < -0.4 is 5.32 Å². The van der Waals surface area contributed by atoms with Crippen LogP contribution in [0, 0.1) is 0 Å². The van der Waals surface area contributed by atoms with Gasteiger partial charge in [-0.3, -0.25) is 9.69 Å². The van der Waals surface area contributed by atoms with Crippen LogP contribution in [0.15, 0.2) is 42.6 Å². The van der Waals surface area contributed by atoms with Gasteiger partial charge in [0.1, 0.15) is 23.6 Å². The minimum atomic E-state index is -0.360. The zero-order valence-corrected chi connectivity index (χ0v) is 14.9. The standard InChI is InChI=1S/C19H19N5O3/c1-20-18(25)14-9-16-15(10-21-14)22-17-11-23(7-8-24(16)17)19(26)27-12-13-5-3-2-4-6-13/h2-6,9-10H,7-8,11-12H2,1H3,(H,20,25). The number of rotatable bonds is 3. The lowest BCUT2D eigenvalue weighted by atomic mass is 10.2. The molecule has 1 aliphatic heterocycles. The van der Waals surface area contributed by atoms with E-state index in [1.807, 2.05) is 34.9 Å². The van der Waals surface area contributed by atoms with E-state index < -0.39 is 0 Å². The molecule has 27 heavy (non-hydrogen) atoms. The summed E-state index contributed by atoms with van der Waals surface area (Å²) in [7, 11) is 1.57. The Kier molecular flexibility index (Phi) is 4.45. The number of aromatic nitrogens is 3. The van der Waals surface area contributed by atoms with Crippen LogP contribution in [-0.4, -0.2) is 45.0 Å². The van der Waals surface area contributed by atoms with Crippen molar-refractivity contribution in [1.29, 1.82) is 0 Å². The Balaban J connectivity index is 1.49. The van der Waals surface area contributed by atoms with Crippen LogP contribution in [-0.2, 0) is 24.4 Å². The number of nitrogens with one attached hydrogen (secondary N) is 1. The first-order valence-corrected chi connectivity index (χ1v) is 8.68. The average molecular weight is 365 g/mol. The summed E-state index contributed by atoms with van der Waals surface area (Å²) in [4.78, 5) is 34.5. The third-order valence-electron chi connectivity index (χ3n) is 4.56. The molecule has 3 heterocycles. The second-order valence-electron chi connectivity index (χ2n) is 6.28. The van der Waals surface area contributed by atoms with Crippen LogP contribution in [0.1, 0.15) is 21.9 Å². The SMILES string of the molecule is CNC(=O)c1cc2c(cn1)nc1n2CCN(C(=O)OCc2ccccc2)C1. The summed E-state index contributed by atoms with van der Waals surface area (Å²) in [6.07, 6.45) is 1.23. The first kappa shape index (κ1) is 17.0. The number of ether oxygens (including phenoxy) is 1. The Bertz CT molecular complexity index is 999. The van der Waals surface area contributed by atoms with Crippen molar-refractivity contribution in [1.82, 2.24) is 24.8 Å². The molecular formula is C19H19N5O3. The molecule has 2 aromatic heterocycles. The number of pyridine rings is 1. The van der Waals surface area contributed by atoms with E-state index >= 15 is 0 Å². The molecule has 3 aromatic rings. The van der Waals surface area contributed by atoms with Gasteiger partial charge in [0.15, 0.2) is 0 Å². The second-order valence-corrected chi connectivity index (χ2v) is 6.28. The van der Waals surface area contributed by atoms with Crippen molar-refractivity contribution in [2.75, 3.05) is 13.6 Å². The van der Waals surface area contributed by atoms with Gasteiger partial charge < -0.3 is 14.6 Å². The number of imidazole rings is 1. The molecule has 0 aliphatic carbocycles. The van der Waals surface area contributed by atoms with Gasteiger partial charge in [0.05, 0.1) is 18.3 Å². The molecule has 0 fully saturated rings. The smallest absolute Gasteiger partial charge is 0.410 e. The minimum Gasteiger partial charge on any atom is -0.445 e. The Hall–Kier alpha value is -3.42. The molecule has 0 saturated carbocycles. The minimum absolute atomic E-state index is 0.241. The molecule has 0 saturated heterocycles. The van der Waals surface area contributed by atoms with E-state index in [9.17, 15) is 9.59 Å². The number of hydrogen-bond donors (Lipinski definition) is 1. The molecule has 8 nitrogen and oxygen atoms in total. The highest BCUT2D eigenvalue weighted by Crippen LogP contribution is 2.21. The average Bonchev–Trinajstić information content (AvgIpc) is 3.09. The summed E-state index contributed by atoms with van der Waals surface area (Å²) < 4.78 is 7.42. The molecule has 2 amide bonds. The number of hydrogen-bond acceptors (Lipinski definition) is 5. The molecule has 0 unspecified atom stereocenters. The highest BCUT2D eigenvalue weighted by atomic mass is 16.6. The highest BCUT2D eigenvalue weighted by Gasteiger charge is 2.25. The lowest BCUT2D eigenvalue weighted by Gasteiger charge is -2.27. The summed E-state index contributed by atoms with van der Waals surface area (Å²) in [5.41, 5.74) is 2.84. The van der Waals surface area contributed by atoms with Gasteiger partial charge in [-0.15, -0.1) is 0 Å². The molecule has 1 aliphatic rings. The van der Waals surface area contributed by atoms with Crippen molar-refractivity contribution in [3.63, 3.8) is 0 Å². The van der Waals surface area contributed by atoms with Crippen LogP contribution in [0.4, 0.5) is 4.79 Å². The summed E-state index contributed by atoms with van der Waals surface area (Å²) in [5.74, 6) is 0.512. The monoisotopic (exact) mass is 365 g/mol. The van der Waals surface area contributed by atoms with E-state index in [1.165, 1.54) is 0 Å². The van der Waals surface area contributed by atoms with Crippen LogP contribution in [0.2, 0.25) is 0 Å². The first-order chi connectivity index (χ1) is 13.2. The molecule has 0 atom stereocenters. The Morgan fingerprint density at radius 3 is 2.81 bits per heavy atom. The second kappa shape index (κ2) is 7.06. The van der Waals surface area contributed by atoms with E-state index in [-0.39, 0.29) is 18.6 Å². The predicted octanol–water partition coefficient (Wildman–Crippen LogP) is 1.94. The van der Waals surface area contributed by atoms with E-state index in [0.717, 1.165) is 16.9 Å². The van der Waals surface area contributed by atoms with E-state index in [1.54, 1.807) is 24.2 Å². The van der Waals surface area contributed by atoms with Gasteiger partial charge in [-0.25, -0.2) is 14.8 Å². The lowest BCUT2D eigenvalue weighted by molar-refractivity contribution is 0.0864. The zero-order valence-electron chi connectivity index (χ0n) is 14.9. The van der Waals surface area contributed by atoms with Crippen LogP contribution in [0.3, 0.4) is 0 Å². The summed E-state index contributed by atoms with van der Waals surface area (Å²) in [5, 5.41) is 2.57. The molecule has 4 rings (SSSR count). The Morgan fingerprint density at radius 1 is 1.22 bits per heavy atom. The van der Waals surface area contributed by atoms with Crippen molar-refractivity contribution in [3.8, 4) is 0 Å². The molecule has 0 spiro atoms. The molecule has 1 aromatic carbocycles. The van der Waals surface area contributed by atoms with Crippen molar-refractivity contribution in [2.24, 2.45) is 0 Å². The Labute approximate surface area is 155 Å². The topological polar surface area (TPSA) is 89.4 Å². The van der Waals surface area contributed by atoms with Crippen LogP contribution >= 0.6 is 0 Å². The molecular weight excluding hydrogens is 346 g/mol. The first-order valence-electron chi connectivity index (χ1n) is 8.68. The number of nitrogens with zero attached hydrogens (tertiary/aromatic N) is 4. The maximum Gasteiger partial charge on any atom is 0.410 e. The molecule has 138 valence electrons. The highest BCUT2D eigenvalue weighted by molar-refractivity contribution is 5.95. The number of amides is 2. The third-order valence-corrected chi connectivity index (χ3v) is 4.56. The number of carbonyl (C=O) groups is 2. The van der Waals surface area contributed by atoms with Gasteiger partial charge in [0, 0.05) is 20.1 Å². The largest absolute Gasteiger partial charge is 0.445 e. The van der Waals surface area contributed by atoms with Gasteiger partial charge in [-0.05, 0) is 11.6 Å². The summed E-state index contributed by atoms with van der Waals surface area (Å²) in [6.45, 7) is 1.71. The van der Waals surface area contributed by atoms with Crippen LogP contribution in [0.5, 0.6) is 0 Å². The molecule has 8 heteroatoms.